The maximum atomic E-state index is 11.8. The topological polar surface area (TPSA) is 347 Å². The molecule has 2 fully saturated rings. The molecule has 4 heterocycles. The number of pyridine rings is 2. The molecule has 28 heteroatoms. The molecule has 64 heavy (non-hydrogen) atoms. The van der Waals surface area contributed by atoms with Crippen LogP contribution in [0.2, 0.25) is 5.02 Å². The Morgan fingerprint density at radius 3 is 1.52 bits per heavy atom. The number of nitrogens with zero attached hydrogens (tertiary/aromatic N) is 10. The van der Waals surface area contributed by atoms with Gasteiger partial charge in [0.05, 0.1) is 9.50 Å². The molecule has 0 bridgehead atoms. The first-order valence-electron chi connectivity index (χ1n) is 18.1. The van der Waals surface area contributed by atoms with Gasteiger partial charge in [0.15, 0.2) is 11.4 Å². The summed E-state index contributed by atoms with van der Waals surface area (Å²) < 4.78 is 43.7. The molecule has 2 aliphatic rings. The molecule has 2 saturated heterocycles. The number of nitriles is 2. The van der Waals surface area contributed by atoms with E-state index in [0.717, 1.165) is 44.3 Å². The quantitative estimate of drug-likeness (QED) is 0.0774. The molecular formula is C36H36BrClN10O14S2. The highest BCUT2D eigenvalue weighted by molar-refractivity contribution is 9.10. The second kappa shape index (κ2) is 25.4. The number of ether oxygens (including phenoxy) is 8. The summed E-state index contributed by atoms with van der Waals surface area (Å²) in [6.45, 7) is 6.33. The number of hydrogen-bond donors (Lipinski definition) is 0. The van der Waals surface area contributed by atoms with E-state index in [1.807, 2.05) is 12.1 Å². The third kappa shape index (κ3) is 15.7. The molecular weight excluding hydrogens is 976 g/mol. The Bertz CT molecular complexity index is 2270. The first-order valence-corrected chi connectivity index (χ1v) is 21.0. The van der Waals surface area contributed by atoms with Crippen LogP contribution in [0.5, 0.6) is 0 Å². The van der Waals surface area contributed by atoms with Gasteiger partial charge < -0.3 is 37.9 Å². The molecule has 2 aromatic heterocycles. The third-order valence-corrected chi connectivity index (χ3v) is 11.2. The Morgan fingerprint density at radius 1 is 0.703 bits per heavy atom. The Labute approximate surface area is 385 Å². The first kappa shape index (κ1) is 52.5. The van der Waals surface area contributed by atoms with Crippen molar-refractivity contribution < 1.29 is 66.7 Å². The zero-order valence-corrected chi connectivity index (χ0v) is 38.2. The fourth-order valence-corrected chi connectivity index (χ4v) is 8.89. The van der Waals surface area contributed by atoms with E-state index in [0.29, 0.717) is 14.3 Å². The number of carbonyl (C=O) groups excluding carboxylic acids is 6. The number of halogens is 2. The van der Waals surface area contributed by atoms with Crippen LogP contribution in [0.25, 0.3) is 20.9 Å². The van der Waals surface area contributed by atoms with Gasteiger partial charge in [-0.1, -0.05) is 45.4 Å². The van der Waals surface area contributed by atoms with E-state index in [1.165, 1.54) is 39.2 Å². The number of azide groups is 2. The maximum Gasteiger partial charge on any atom is 0.303 e. The van der Waals surface area contributed by atoms with Crippen molar-refractivity contribution in [2.45, 2.75) is 111 Å². The van der Waals surface area contributed by atoms with E-state index in [9.17, 15) is 34.0 Å². The molecule has 2 aliphatic heterocycles. The van der Waals surface area contributed by atoms with Crippen molar-refractivity contribution in [3.63, 3.8) is 0 Å². The Balaban J connectivity index is 0.000000340. The number of thioether (sulfide) groups is 2. The van der Waals surface area contributed by atoms with Gasteiger partial charge in [-0.2, -0.15) is 10.5 Å². The average molecular weight is 1010 g/mol. The normalized spacial score (nSPS) is 24.4. The molecule has 0 saturated carbocycles. The van der Waals surface area contributed by atoms with E-state index >= 15 is 0 Å². The van der Waals surface area contributed by atoms with Gasteiger partial charge >= 0.3 is 35.8 Å². The van der Waals surface area contributed by atoms with Crippen molar-refractivity contribution in [2.75, 3.05) is 13.2 Å². The van der Waals surface area contributed by atoms with Crippen LogP contribution < -0.4 is 0 Å². The molecule has 4 rings (SSSR count). The minimum Gasteiger partial charge on any atom is -0.463 e. The molecule has 0 spiro atoms. The number of esters is 6. The lowest BCUT2D eigenvalue weighted by molar-refractivity contribution is -0.202. The van der Waals surface area contributed by atoms with Crippen LogP contribution in [-0.2, 0) is 66.7 Å². The summed E-state index contributed by atoms with van der Waals surface area (Å²) in [6.07, 6.45) is -4.16. The van der Waals surface area contributed by atoms with Crippen molar-refractivity contribution in [1.29, 1.82) is 10.5 Å². The lowest BCUT2D eigenvalue weighted by Gasteiger charge is -2.43. The minimum atomic E-state index is -1.23. The van der Waals surface area contributed by atoms with Crippen LogP contribution in [0.3, 0.4) is 0 Å². The summed E-state index contributed by atoms with van der Waals surface area (Å²) in [5.74, 6) is -4.02. The average Bonchev–Trinajstić information content (AvgIpc) is 3.20. The van der Waals surface area contributed by atoms with Crippen molar-refractivity contribution >= 4 is 86.9 Å². The summed E-state index contributed by atoms with van der Waals surface area (Å²) in [5, 5.41) is 26.0. The molecule has 4 unspecified atom stereocenters. The van der Waals surface area contributed by atoms with Crippen LogP contribution in [0.4, 0.5) is 0 Å². The smallest absolute Gasteiger partial charge is 0.303 e. The van der Waals surface area contributed by atoms with Crippen LogP contribution in [0.15, 0.2) is 49.0 Å². The van der Waals surface area contributed by atoms with E-state index < -0.39 is 95.4 Å². The predicted molar refractivity (Wildman–Crippen MR) is 221 cm³/mol. The maximum absolute atomic E-state index is 11.8. The number of carbonyl (C=O) groups is 6. The second-order valence-electron chi connectivity index (χ2n) is 12.8. The summed E-state index contributed by atoms with van der Waals surface area (Å²) in [5.41, 5.74) is 16.4. The zero-order chi connectivity index (χ0) is 47.7. The molecule has 2 aromatic rings. The number of aromatic nitrogens is 2. The van der Waals surface area contributed by atoms with Crippen LogP contribution in [0.1, 0.15) is 52.9 Å². The van der Waals surface area contributed by atoms with Crippen molar-refractivity contribution in [3.05, 3.63) is 66.3 Å². The van der Waals surface area contributed by atoms with Crippen LogP contribution >= 0.6 is 51.1 Å². The van der Waals surface area contributed by atoms with E-state index in [1.54, 1.807) is 6.07 Å². The highest BCUT2D eigenvalue weighted by Gasteiger charge is 2.51. The van der Waals surface area contributed by atoms with Gasteiger partial charge in [-0.3, -0.25) is 28.8 Å². The van der Waals surface area contributed by atoms with E-state index in [-0.39, 0.29) is 29.6 Å². The molecule has 0 aromatic carbocycles. The SMILES string of the molecule is CC(=O)OCC1O[C@H](Sc2cc(Cl)cnc2C#N)[C@@H](OC(C)=O)C(N=[N+]=[N-])[C@H]1OC(C)=O.CC(=O)OCC1O[C@H](Sc2cnc(C#N)c(Br)c2)[C@@H](OC(C)=O)C(N=[N+]=[N-])[C@H]1OC(C)=O. The Hall–Kier alpha value is -5.89. The van der Waals surface area contributed by atoms with Gasteiger partial charge in [-0.05, 0) is 39.1 Å². The summed E-state index contributed by atoms with van der Waals surface area (Å²) in [4.78, 5) is 83.9. The van der Waals surface area contributed by atoms with Gasteiger partial charge in [-0.25, -0.2) is 9.97 Å². The number of rotatable bonds is 14. The summed E-state index contributed by atoms with van der Waals surface area (Å²) >= 11 is 11.2. The van der Waals surface area contributed by atoms with E-state index in [4.69, 9.17) is 65.8 Å². The molecule has 0 amide bonds. The minimum absolute atomic E-state index is 0.0311. The van der Waals surface area contributed by atoms with Gasteiger partial charge in [0.1, 0.15) is 84.9 Å². The summed E-state index contributed by atoms with van der Waals surface area (Å²) in [6, 6.07) is 4.53. The largest absolute Gasteiger partial charge is 0.463 e. The summed E-state index contributed by atoms with van der Waals surface area (Å²) in [7, 11) is 0. The molecule has 0 N–H and O–H groups in total. The number of hydrogen-bond acceptors (Lipinski definition) is 22. The van der Waals surface area contributed by atoms with Crippen molar-refractivity contribution in [1.82, 2.24) is 9.97 Å². The highest BCUT2D eigenvalue weighted by Crippen LogP contribution is 2.40. The fourth-order valence-electron chi connectivity index (χ4n) is 5.76. The molecule has 0 radical (unpaired) electrons. The molecule has 10 atom stereocenters. The second-order valence-corrected chi connectivity index (χ2v) is 16.4. The molecule has 0 aliphatic carbocycles. The van der Waals surface area contributed by atoms with Gasteiger partial charge in [0.25, 0.3) is 0 Å². The first-order chi connectivity index (χ1) is 30.3. The fraction of sp³-hybridized carbons (Fsp3) is 0.500. The standard InChI is InChI=1S/C18H18BrN5O7S.C18H18ClN5O7S/c1-8(25)28-7-14-16(29-9(2)26)15(23-24-21)17(30-10(3)27)18(31-14)32-11-4-12(19)13(5-20)22-6-11;1-8(25)28-7-13-16(29-9(2)26)15(23-24-21)17(30-10(3)27)18(31-13)32-14-4-11(19)6-22-12(14)5-20/h4,6,14-18H,7H2,1-3H3;4,6,13,15-18H,7H2,1-3H3/t14?,15?,16-,17-,18+;13?,15?,16-,17-,18+/m00/s1. The van der Waals surface area contributed by atoms with Crippen molar-refractivity contribution in [2.24, 2.45) is 10.2 Å². The zero-order valence-electron chi connectivity index (χ0n) is 34.3. The third-order valence-electron chi connectivity index (χ3n) is 8.06. The predicted octanol–water partition coefficient (Wildman–Crippen LogP) is 5.17. The van der Waals surface area contributed by atoms with Gasteiger partial charge in [0, 0.05) is 73.6 Å². The Kier molecular flexibility index (Phi) is 20.8. The van der Waals surface area contributed by atoms with Gasteiger partial charge in [0.2, 0.25) is 0 Å². The lowest BCUT2D eigenvalue weighted by atomic mass is 9.97. The molecule has 340 valence electrons. The lowest BCUT2D eigenvalue weighted by Crippen LogP contribution is -2.59. The van der Waals surface area contributed by atoms with Crippen molar-refractivity contribution in [3.8, 4) is 12.1 Å². The van der Waals surface area contributed by atoms with E-state index in [2.05, 4.69) is 45.9 Å². The monoisotopic (exact) mass is 1010 g/mol. The van der Waals surface area contributed by atoms with Gasteiger partial charge in [-0.15, -0.1) is 0 Å². The molecule has 24 nitrogen and oxygen atoms in total. The Morgan fingerprint density at radius 2 is 1.12 bits per heavy atom. The highest BCUT2D eigenvalue weighted by atomic mass is 79.9. The van der Waals surface area contributed by atoms with Crippen LogP contribution in [-0.4, -0.2) is 119 Å². The van der Waals surface area contributed by atoms with Crippen LogP contribution in [0, 0.1) is 22.7 Å².